The molecule has 0 spiro atoms. The van der Waals surface area contributed by atoms with E-state index in [1.807, 2.05) is 6.92 Å². The number of benzene rings is 3. The lowest BCUT2D eigenvalue weighted by Crippen LogP contribution is -2.27. The second kappa shape index (κ2) is 13.3. The fourth-order valence-corrected chi connectivity index (χ4v) is 4.10. The summed E-state index contributed by atoms with van der Waals surface area (Å²) >= 11 is 0. The van der Waals surface area contributed by atoms with Gasteiger partial charge in [-0.1, -0.05) is 13.3 Å². The first kappa shape index (κ1) is 28.9. The SMILES string of the molecule is CCCCOC(=O)c1ccc(N2C[C@H](C(=O)OCC(=O)c3ccc(Oc4ccc([N+](=O)[O-])cc4)cc3)CC2=O)cc1. The summed E-state index contributed by atoms with van der Waals surface area (Å²) in [4.78, 5) is 61.5. The zero-order valence-electron chi connectivity index (χ0n) is 22.3. The zero-order chi connectivity index (χ0) is 29.4. The van der Waals surface area contributed by atoms with E-state index in [1.54, 1.807) is 36.4 Å². The van der Waals surface area contributed by atoms with Crippen molar-refractivity contribution in [1.29, 1.82) is 0 Å². The van der Waals surface area contributed by atoms with Crippen molar-refractivity contribution in [3.05, 3.63) is 94.0 Å². The van der Waals surface area contributed by atoms with Crippen LogP contribution >= 0.6 is 0 Å². The molecule has 3 aromatic rings. The highest BCUT2D eigenvalue weighted by molar-refractivity contribution is 6.01. The minimum atomic E-state index is -0.730. The van der Waals surface area contributed by atoms with Crippen molar-refractivity contribution in [1.82, 2.24) is 0 Å². The first-order valence-corrected chi connectivity index (χ1v) is 13.0. The molecule has 1 aliphatic heterocycles. The molecule has 1 heterocycles. The number of hydrogen-bond acceptors (Lipinski definition) is 9. The second-order valence-electron chi connectivity index (χ2n) is 9.35. The van der Waals surface area contributed by atoms with E-state index >= 15 is 0 Å². The topological polar surface area (TPSA) is 142 Å². The molecule has 11 nitrogen and oxygen atoms in total. The number of nitro groups is 1. The third kappa shape index (κ3) is 7.53. The van der Waals surface area contributed by atoms with E-state index in [2.05, 4.69) is 0 Å². The maximum atomic E-state index is 12.6. The lowest BCUT2D eigenvalue weighted by molar-refractivity contribution is -0.384. The molecule has 0 bridgehead atoms. The Morgan fingerprint density at radius 1 is 0.902 bits per heavy atom. The van der Waals surface area contributed by atoms with Gasteiger partial charge in [-0.2, -0.15) is 0 Å². The number of ketones is 1. The molecule has 1 aliphatic rings. The van der Waals surface area contributed by atoms with E-state index in [-0.39, 0.29) is 24.6 Å². The smallest absolute Gasteiger partial charge is 0.338 e. The molecule has 212 valence electrons. The normalized spacial score (nSPS) is 14.4. The van der Waals surface area contributed by atoms with Gasteiger partial charge in [0.05, 0.1) is 23.0 Å². The molecule has 1 amide bonds. The number of anilines is 1. The predicted molar refractivity (Wildman–Crippen MR) is 147 cm³/mol. The monoisotopic (exact) mass is 560 g/mol. The molecule has 11 heteroatoms. The molecule has 0 unspecified atom stereocenters. The number of esters is 2. The third-order valence-corrected chi connectivity index (χ3v) is 6.41. The van der Waals surface area contributed by atoms with Crippen molar-refractivity contribution in [2.75, 3.05) is 24.7 Å². The Labute approximate surface area is 235 Å². The van der Waals surface area contributed by atoms with Crippen LogP contribution < -0.4 is 9.64 Å². The van der Waals surface area contributed by atoms with E-state index in [0.29, 0.717) is 34.9 Å². The van der Waals surface area contributed by atoms with Gasteiger partial charge in [0.2, 0.25) is 5.91 Å². The second-order valence-corrected chi connectivity index (χ2v) is 9.35. The van der Waals surface area contributed by atoms with Crippen LogP contribution in [-0.4, -0.2) is 48.3 Å². The Balaban J connectivity index is 1.26. The first-order chi connectivity index (χ1) is 19.7. The van der Waals surface area contributed by atoms with Crippen LogP contribution in [0.4, 0.5) is 11.4 Å². The standard InChI is InChI=1S/C30H28N2O9/c1-2-3-16-39-29(35)21-4-8-23(9-5-21)31-18-22(17-28(31)34)30(36)40-19-27(33)20-6-12-25(13-7-20)41-26-14-10-24(11-15-26)32(37)38/h4-15,22H,2-3,16-19H2,1H3/t22-/m1/s1. The highest BCUT2D eigenvalue weighted by Crippen LogP contribution is 2.27. The van der Waals surface area contributed by atoms with Crippen LogP contribution in [0.15, 0.2) is 72.8 Å². The molecule has 0 N–H and O–H groups in total. The minimum absolute atomic E-state index is 0.0531. The minimum Gasteiger partial charge on any atom is -0.462 e. The van der Waals surface area contributed by atoms with Crippen LogP contribution in [0.5, 0.6) is 11.5 Å². The van der Waals surface area contributed by atoms with Gasteiger partial charge >= 0.3 is 11.9 Å². The Hall–Kier alpha value is -5.06. The Kier molecular flexibility index (Phi) is 9.41. The summed E-state index contributed by atoms with van der Waals surface area (Å²) in [5.41, 5.74) is 1.16. The molecular weight excluding hydrogens is 532 g/mol. The number of nitro benzene ring substituents is 1. The molecule has 3 aromatic carbocycles. The number of amides is 1. The van der Waals surface area contributed by atoms with Crippen LogP contribution in [0, 0.1) is 16.0 Å². The van der Waals surface area contributed by atoms with E-state index in [1.165, 1.54) is 41.3 Å². The van der Waals surface area contributed by atoms with E-state index in [9.17, 15) is 29.3 Å². The van der Waals surface area contributed by atoms with Gasteiger partial charge in [-0.15, -0.1) is 0 Å². The van der Waals surface area contributed by atoms with Crippen LogP contribution in [0.3, 0.4) is 0 Å². The fourth-order valence-electron chi connectivity index (χ4n) is 4.10. The van der Waals surface area contributed by atoms with Gasteiger partial charge in [-0.05, 0) is 67.1 Å². The number of carbonyl (C=O) groups excluding carboxylic acids is 4. The highest BCUT2D eigenvalue weighted by Gasteiger charge is 2.36. The Morgan fingerprint density at radius 2 is 1.51 bits per heavy atom. The molecule has 0 aliphatic carbocycles. The third-order valence-electron chi connectivity index (χ3n) is 6.41. The lowest BCUT2D eigenvalue weighted by atomic mass is 10.1. The summed E-state index contributed by atoms with van der Waals surface area (Å²) in [6.45, 7) is 1.96. The van der Waals surface area contributed by atoms with Crippen LogP contribution in [-0.2, 0) is 19.1 Å². The quantitative estimate of drug-likeness (QED) is 0.0969. The van der Waals surface area contributed by atoms with E-state index in [4.69, 9.17) is 14.2 Å². The summed E-state index contributed by atoms with van der Waals surface area (Å²) in [7, 11) is 0. The zero-order valence-corrected chi connectivity index (χ0v) is 22.3. The van der Waals surface area contributed by atoms with Gasteiger partial charge in [-0.25, -0.2) is 4.79 Å². The summed E-state index contributed by atoms with van der Waals surface area (Å²) in [6, 6.07) is 18.1. The van der Waals surface area contributed by atoms with Crippen LogP contribution in [0.2, 0.25) is 0 Å². The molecule has 4 rings (SSSR count). The molecule has 0 aromatic heterocycles. The number of Topliss-reactive ketones (excluding diaryl/α,β-unsaturated/α-hetero) is 1. The number of rotatable bonds is 12. The van der Waals surface area contributed by atoms with Gasteiger partial charge < -0.3 is 19.1 Å². The molecule has 41 heavy (non-hydrogen) atoms. The summed E-state index contributed by atoms with van der Waals surface area (Å²) in [5.74, 6) is -1.70. The van der Waals surface area contributed by atoms with E-state index in [0.717, 1.165) is 12.8 Å². The van der Waals surface area contributed by atoms with Gasteiger partial charge in [0.25, 0.3) is 5.69 Å². The van der Waals surface area contributed by atoms with Crippen LogP contribution in [0.25, 0.3) is 0 Å². The fraction of sp³-hybridized carbons (Fsp3) is 0.267. The maximum absolute atomic E-state index is 12.6. The molecule has 1 saturated heterocycles. The summed E-state index contributed by atoms with van der Waals surface area (Å²) in [6.07, 6.45) is 1.64. The van der Waals surface area contributed by atoms with E-state index < -0.39 is 35.2 Å². The summed E-state index contributed by atoms with van der Waals surface area (Å²) < 4.78 is 16.0. The molecule has 0 radical (unpaired) electrons. The molecular formula is C30H28N2O9. The Bertz CT molecular complexity index is 1420. The van der Waals surface area contributed by atoms with Crippen molar-refractivity contribution in [3.63, 3.8) is 0 Å². The summed E-state index contributed by atoms with van der Waals surface area (Å²) in [5, 5.41) is 10.8. The van der Waals surface area contributed by atoms with Crippen molar-refractivity contribution >= 4 is 35.0 Å². The van der Waals surface area contributed by atoms with Crippen molar-refractivity contribution < 1.29 is 38.3 Å². The van der Waals surface area contributed by atoms with Gasteiger partial charge in [0.1, 0.15) is 11.5 Å². The maximum Gasteiger partial charge on any atom is 0.338 e. The van der Waals surface area contributed by atoms with Gasteiger partial charge in [0, 0.05) is 36.3 Å². The van der Waals surface area contributed by atoms with Gasteiger partial charge in [0.15, 0.2) is 12.4 Å². The van der Waals surface area contributed by atoms with Gasteiger partial charge in [-0.3, -0.25) is 24.5 Å². The number of nitrogens with zero attached hydrogens (tertiary/aromatic N) is 2. The number of carbonyl (C=O) groups is 4. The Morgan fingerprint density at radius 3 is 2.12 bits per heavy atom. The first-order valence-electron chi connectivity index (χ1n) is 13.0. The number of non-ortho nitro benzene ring substituents is 1. The molecule has 1 atom stereocenters. The lowest BCUT2D eigenvalue weighted by Gasteiger charge is -2.17. The average Bonchev–Trinajstić information content (AvgIpc) is 3.38. The van der Waals surface area contributed by atoms with Crippen LogP contribution in [0.1, 0.15) is 46.9 Å². The predicted octanol–water partition coefficient (Wildman–Crippen LogP) is 5.12. The number of ether oxygens (including phenoxy) is 3. The molecule has 0 saturated carbocycles. The number of hydrogen-bond donors (Lipinski definition) is 0. The largest absolute Gasteiger partial charge is 0.462 e. The highest BCUT2D eigenvalue weighted by atomic mass is 16.6. The van der Waals surface area contributed by atoms with Crippen molar-refractivity contribution in [3.8, 4) is 11.5 Å². The number of unbranched alkanes of at least 4 members (excludes halogenated alkanes) is 1. The van der Waals surface area contributed by atoms with Crippen molar-refractivity contribution in [2.45, 2.75) is 26.2 Å². The van der Waals surface area contributed by atoms with Crippen molar-refractivity contribution in [2.24, 2.45) is 5.92 Å². The molecule has 1 fully saturated rings. The average molecular weight is 561 g/mol.